The number of hydrogen-bond acceptors (Lipinski definition) is 8. The lowest BCUT2D eigenvalue weighted by Gasteiger charge is -2.14. The fourth-order valence-electron chi connectivity index (χ4n) is 4.00. The third-order valence-electron chi connectivity index (χ3n) is 5.71. The number of aryl methyl sites for hydroxylation is 1. The van der Waals surface area contributed by atoms with Crippen molar-refractivity contribution in [1.82, 2.24) is 9.47 Å². The molecule has 4 rings (SSSR count). The first-order valence-electron chi connectivity index (χ1n) is 10.6. The summed E-state index contributed by atoms with van der Waals surface area (Å²) in [5.41, 5.74) is 2.80. The van der Waals surface area contributed by atoms with Crippen LogP contribution in [-0.4, -0.2) is 37.6 Å². The molecule has 0 spiro atoms. The number of nitrogens with zero attached hydrogens (tertiary/aromatic N) is 4. The number of nitro groups is 2. The van der Waals surface area contributed by atoms with Gasteiger partial charge in [0.05, 0.1) is 34.1 Å². The topological polar surface area (TPSA) is 138 Å². The standard InChI is InChI=1S/C24H20N4O7S/c1-14-9-17(15(2)26(14)20-12-19(28(33)34)7-8-21(20)35-3)11-22-23(29)25(24(30)36-22)13-16-5-4-6-18(10-16)27(31)32/h4-12H,13H2,1-3H3. The molecule has 1 aliphatic heterocycles. The molecule has 0 N–H and O–H groups in total. The molecular formula is C24H20N4O7S. The number of hydrogen-bond donors (Lipinski definition) is 0. The molecule has 0 radical (unpaired) electrons. The van der Waals surface area contributed by atoms with E-state index in [4.69, 9.17) is 4.74 Å². The Kier molecular flexibility index (Phi) is 6.62. The molecule has 2 aromatic carbocycles. The highest BCUT2D eigenvalue weighted by atomic mass is 32.2. The predicted molar refractivity (Wildman–Crippen MR) is 133 cm³/mol. The van der Waals surface area contributed by atoms with E-state index in [1.54, 1.807) is 23.6 Å². The number of amides is 2. The highest BCUT2D eigenvalue weighted by Gasteiger charge is 2.35. The van der Waals surface area contributed by atoms with E-state index in [1.807, 2.05) is 13.0 Å². The van der Waals surface area contributed by atoms with Crippen LogP contribution in [0.4, 0.5) is 16.2 Å². The average molecular weight is 509 g/mol. The zero-order valence-corrected chi connectivity index (χ0v) is 20.3. The quantitative estimate of drug-likeness (QED) is 0.242. The van der Waals surface area contributed by atoms with E-state index in [2.05, 4.69) is 0 Å². The van der Waals surface area contributed by atoms with Crippen LogP contribution < -0.4 is 4.74 Å². The first-order chi connectivity index (χ1) is 17.1. The molecule has 0 aliphatic carbocycles. The Balaban J connectivity index is 1.67. The highest BCUT2D eigenvalue weighted by molar-refractivity contribution is 8.18. The summed E-state index contributed by atoms with van der Waals surface area (Å²) in [6.07, 6.45) is 1.60. The normalized spacial score (nSPS) is 14.5. The number of rotatable bonds is 7. The molecule has 3 aromatic rings. The van der Waals surface area contributed by atoms with Crippen molar-refractivity contribution in [2.24, 2.45) is 0 Å². The van der Waals surface area contributed by atoms with E-state index in [0.717, 1.165) is 22.4 Å². The zero-order valence-electron chi connectivity index (χ0n) is 19.5. The van der Waals surface area contributed by atoms with Crippen LogP contribution >= 0.6 is 11.8 Å². The zero-order chi connectivity index (χ0) is 26.1. The molecule has 1 aliphatic rings. The molecular weight excluding hydrogens is 488 g/mol. The lowest BCUT2D eigenvalue weighted by molar-refractivity contribution is -0.385. The van der Waals surface area contributed by atoms with Crippen LogP contribution in [0.25, 0.3) is 11.8 Å². The van der Waals surface area contributed by atoms with Crippen LogP contribution in [0.1, 0.15) is 22.5 Å². The van der Waals surface area contributed by atoms with Gasteiger partial charge in [-0.1, -0.05) is 12.1 Å². The molecule has 1 aromatic heterocycles. The third kappa shape index (κ3) is 4.58. The monoisotopic (exact) mass is 508 g/mol. The van der Waals surface area contributed by atoms with Gasteiger partial charge in [-0.2, -0.15) is 0 Å². The maximum absolute atomic E-state index is 13.0. The van der Waals surface area contributed by atoms with Crippen LogP contribution in [0, 0.1) is 34.1 Å². The molecule has 36 heavy (non-hydrogen) atoms. The smallest absolute Gasteiger partial charge is 0.293 e. The van der Waals surface area contributed by atoms with E-state index in [0.29, 0.717) is 28.3 Å². The maximum Gasteiger partial charge on any atom is 0.293 e. The molecule has 0 saturated carbocycles. The first-order valence-corrected chi connectivity index (χ1v) is 11.4. The molecule has 2 heterocycles. The van der Waals surface area contributed by atoms with Crippen LogP contribution in [-0.2, 0) is 11.3 Å². The SMILES string of the molecule is COc1ccc([N+](=O)[O-])cc1-n1c(C)cc(C=C2SC(=O)N(Cc3cccc([N+](=O)[O-])c3)C2=O)c1C. The van der Waals surface area contributed by atoms with Gasteiger partial charge in [-0.3, -0.25) is 34.7 Å². The second-order valence-electron chi connectivity index (χ2n) is 7.97. The fourth-order valence-corrected chi connectivity index (χ4v) is 4.83. The van der Waals surface area contributed by atoms with Crippen LogP contribution in [0.15, 0.2) is 53.4 Å². The van der Waals surface area contributed by atoms with Gasteiger partial charge in [0.25, 0.3) is 22.5 Å². The van der Waals surface area contributed by atoms with Crippen molar-refractivity contribution in [1.29, 1.82) is 0 Å². The molecule has 1 fully saturated rings. The summed E-state index contributed by atoms with van der Waals surface area (Å²) in [5.74, 6) is -0.0690. The Bertz CT molecular complexity index is 1460. The molecule has 0 unspecified atom stereocenters. The van der Waals surface area contributed by atoms with Crippen LogP contribution in [0.2, 0.25) is 0 Å². The van der Waals surface area contributed by atoms with Crippen molar-refractivity contribution in [3.8, 4) is 11.4 Å². The second kappa shape index (κ2) is 9.66. The van der Waals surface area contributed by atoms with E-state index >= 15 is 0 Å². The number of ether oxygens (including phenoxy) is 1. The average Bonchev–Trinajstić information content (AvgIpc) is 3.27. The van der Waals surface area contributed by atoms with Crippen molar-refractivity contribution in [2.75, 3.05) is 7.11 Å². The third-order valence-corrected chi connectivity index (χ3v) is 6.61. The van der Waals surface area contributed by atoms with Gasteiger partial charge in [-0.15, -0.1) is 0 Å². The van der Waals surface area contributed by atoms with Crippen LogP contribution in [0.3, 0.4) is 0 Å². The minimum atomic E-state index is -0.538. The van der Waals surface area contributed by atoms with E-state index in [9.17, 15) is 29.8 Å². The van der Waals surface area contributed by atoms with E-state index in [1.165, 1.54) is 43.5 Å². The maximum atomic E-state index is 13.0. The molecule has 2 amide bonds. The van der Waals surface area contributed by atoms with Gasteiger partial charge in [0.2, 0.25) is 0 Å². The molecule has 0 atom stereocenters. The van der Waals surface area contributed by atoms with Crippen molar-refractivity contribution in [3.05, 3.63) is 96.2 Å². The highest BCUT2D eigenvalue weighted by Crippen LogP contribution is 2.36. The summed E-state index contributed by atoms with van der Waals surface area (Å²) >= 11 is 0.781. The summed E-state index contributed by atoms with van der Waals surface area (Å²) in [7, 11) is 1.47. The summed E-state index contributed by atoms with van der Waals surface area (Å²) in [4.78, 5) is 48.2. The van der Waals surface area contributed by atoms with Gasteiger partial charge in [0.15, 0.2) is 0 Å². The largest absolute Gasteiger partial charge is 0.495 e. The number of imide groups is 1. The summed E-state index contributed by atoms with van der Waals surface area (Å²) in [6, 6.07) is 11.9. The minimum absolute atomic E-state index is 0.0897. The van der Waals surface area contributed by atoms with Gasteiger partial charge in [0, 0.05) is 35.7 Å². The number of non-ortho nitro benzene ring substituents is 2. The fraction of sp³-hybridized carbons (Fsp3) is 0.167. The van der Waals surface area contributed by atoms with Crippen molar-refractivity contribution >= 4 is 40.4 Å². The molecule has 11 nitrogen and oxygen atoms in total. The van der Waals surface area contributed by atoms with E-state index in [-0.39, 0.29) is 22.8 Å². The number of carbonyl (C=O) groups is 2. The lowest BCUT2D eigenvalue weighted by Crippen LogP contribution is -2.27. The Morgan fingerprint density at radius 1 is 1.00 bits per heavy atom. The predicted octanol–water partition coefficient (Wildman–Crippen LogP) is 5.16. The minimum Gasteiger partial charge on any atom is -0.495 e. The number of thioether (sulfide) groups is 1. The van der Waals surface area contributed by atoms with Gasteiger partial charge in [-0.05, 0) is 54.9 Å². The van der Waals surface area contributed by atoms with Crippen LogP contribution in [0.5, 0.6) is 5.75 Å². The molecule has 184 valence electrons. The molecule has 1 saturated heterocycles. The summed E-state index contributed by atoms with van der Waals surface area (Å²) in [5, 5.41) is 21.9. The van der Waals surface area contributed by atoms with Gasteiger partial charge in [-0.25, -0.2) is 0 Å². The Hall–Kier alpha value is -4.45. The number of nitro benzene ring substituents is 2. The Labute approximate surface area is 209 Å². The number of aromatic nitrogens is 1. The first kappa shape index (κ1) is 24.7. The van der Waals surface area contributed by atoms with Crippen molar-refractivity contribution < 1.29 is 24.2 Å². The Morgan fingerprint density at radius 2 is 1.69 bits per heavy atom. The molecule has 12 heteroatoms. The molecule has 0 bridgehead atoms. The lowest BCUT2D eigenvalue weighted by atomic mass is 10.2. The van der Waals surface area contributed by atoms with Gasteiger partial charge in [0.1, 0.15) is 5.75 Å². The second-order valence-corrected chi connectivity index (χ2v) is 8.96. The van der Waals surface area contributed by atoms with Crippen molar-refractivity contribution in [2.45, 2.75) is 20.4 Å². The number of methoxy groups -OCH3 is 1. The summed E-state index contributed by atoms with van der Waals surface area (Å²) in [6.45, 7) is 3.52. The number of benzene rings is 2. The van der Waals surface area contributed by atoms with Gasteiger partial charge < -0.3 is 9.30 Å². The van der Waals surface area contributed by atoms with Gasteiger partial charge >= 0.3 is 0 Å². The summed E-state index contributed by atoms with van der Waals surface area (Å²) < 4.78 is 7.18. The Morgan fingerprint density at radius 3 is 2.36 bits per heavy atom. The number of carbonyl (C=O) groups excluding carboxylic acids is 2. The van der Waals surface area contributed by atoms with Crippen molar-refractivity contribution in [3.63, 3.8) is 0 Å². The van der Waals surface area contributed by atoms with E-state index < -0.39 is 21.0 Å².